The van der Waals surface area contributed by atoms with Gasteiger partial charge in [-0.05, 0) is 10.4 Å². The molecule has 0 saturated heterocycles. The zero-order valence-electron chi connectivity index (χ0n) is 7.54. The molecule has 1 aromatic carbocycles. The SMILES string of the molecule is CO[SiH2]c1ccccc1[SiH2]OC. The minimum atomic E-state index is -0.496. The molecule has 0 aliphatic heterocycles. The van der Waals surface area contributed by atoms with Gasteiger partial charge < -0.3 is 8.85 Å². The smallest absolute Gasteiger partial charge is 0.191 e. The van der Waals surface area contributed by atoms with Crippen LogP contribution in [0.2, 0.25) is 0 Å². The van der Waals surface area contributed by atoms with E-state index >= 15 is 0 Å². The number of rotatable bonds is 4. The molecule has 4 heteroatoms. The third-order valence-corrected chi connectivity index (χ3v) is 4.80. The maximum absolute atomic E-state index is 5.22. The second-order valence-electron chi connectivity index (χ2n) is 2.63. The molecule has 0 aromatic heterocycles. The monoisotopic (exact) mass is 198 g/mol. The van der Waals surface area contributed by atoms with E-state index in [0.29, 0.717) is 0 Å². The maximum atomic E-state index is 5.22. The van der Waals surface area contributed by atoms with Gasteiger partial charge in [-0.15, -0.1) is 0 Å². The first kappa shape index (κ1) is 9.66. The van der Waals surface area contributed by atoms with Crippen molar-refractivity contribution in [3.05, 3.63) is 24.3 Å². The summed E-state index contributed by atoms with van der Waals surface area (Å²) in [7, 11) is 2.56. The second kappa shape index (κ2) is 5.26. The van der Waals surface area contributed by atoms with Crippen LogP contribution in [0.4, 0.5) is 0 Å². The summed E-state index contributed by atoms with van der Waals surface area (Å²) in [6.45, 7) is 0. The highest BCUT2D eigenvalue weighted by molar-refractivity contribution is 6.61. The van der Waals surface area contributed by atoms with Gasteiger partial charge in [0.05, 0.1) is 0 Å². The Morgan fingerprint density at radius 1 is 0.917 bits per heavy atom. The van der Waals surface area contributed by atoms with Crippen molar-refractivity contribution in [3.63, 3.8) is 0 Å². The Balaban J connectivity index is 2.77. The Labute approximate surface area is 77.8 Å². The highest BCUT2D eigenvalue weighted by atomic mass is 28.2. The van der Waals surface area contributed by atoms with Gasteiger partial charge in [0.1, 0.15) is 0 Å². The van der Waals surface area contributed by atoms with Gasteiger partial charge in [0.25, 0.3) is 0 Å². The molecule has 0 N–H and O–H groups in total. The lowest BCUT2D eigenvalue weighted by Crippen LogP contribution is -2.37. The first-order valence-electron chi connectivity index (χ1n) is 3.93. The molecule has 0 saturated carbocycles. The molecule has 0 radical (unpaired) electrons. The van der Waals surface area contributed by atoms with Crippen LogP contribution in [0.25, 0.3) is 0 Å². The molecule has 1 aromatic rings. The average Bonchev–Trinajstić information content (AvgIpc) is 2.09. The predicted molar refractivity (Wildman–Crippen MR) is 56.8 cm³/mol. The van der Waals surface area contributed by atoms with Crippen molar-refractivity contribution in [3.8, 4) is 0 Å². The molecule has 1 rings (SSSR count). The molecule has 0 aliphatic rings. The van der Waals surface area contributed by atoms with Crippen molar-refractivity contribution in [2.75, 3.05) is 14.2 Å². The minimum Gasteiger partial charge on any atom is -0.422 e. The summed E-state index contributed by atoms with van der Waals surface area (Å²) in [6, 6.07) is 8.43. The molecule has 0 unspecified atom stereocenters. The van der Waals surface area contributed by atoms with Crippen LogP contribution >= 0.6 is 0 Å². The van der Waals surface area contributed by atoms with Gasteiger partial charge >= 0.3 is 0 Å². The summed E-state index contributed by atoms with van der Waals surface area (Å²) in [6.07, 6.45) is 0. The van der Waals surface area contributed by atoms with Crippen LogP contribution in [0.5, 0.6) is 0 Å². The Bertz CT molecular complexity index is 215. The number of benzene rings is 1. The molecular weight excluding hydrogens is 184 g/mol. The molecule has 2 nitrogen and oxygen atoms in total. The van der Waals surface area contributed by atoms with Gasteiger partial charge in [-0.25, -0.2) is 0 Å². The van der Waals surface area contributed by atoms with Crippen LogP contribution in [0, 0.1) is 0 Å². The van der Waals surface area contributed by atoms with Crippen molar-refractivity contribution in [2.24, 2.45) is 0 Å². The number of hydrogen-bond acceptors (Lipinski definition) is 2. The van der Waals surface area contributed by atoms with E-state index < -0.39 is 19.5 Å². The van der Waals surface area contributed by atoms with Gasteiger partial charge in [-0.3, -0.25) is 0 Å². The van der Waals surface area contributed by atoms with Gasteiger partial charge in [-0.1, -0.05) is 24.3 Å². The lowest BCUT2D eigenvalue weighted by molar-refractivity contribution is 0.448. The molecule has 12 heavy (non-hydrogen) atoms. The van der Waals surface area contributed by atoms with E-state index in [1.807, 2.05) is 0 Å². The Kier molecular flexibility index (Phi) is 4.23. The molecule has 0 bridgehead atoms. The molecule has 0 amide bonds. The van der Waals surface area contributed by atoms with Crippen LogP contribution in [0.3, 0.4) is 0 Å². The van der Waals surface area contributed by atoms with E-state index in [1.165, 1.54) is 10.4 Å². The second-order valence-corrected chi connectivity index (χ2v) is 5.89. The van der Waals surface area contributed by atoms with Crippen LogP contribution in [0.1, 0.15) is 0 Å². The summed E-state index contributed by atoms with van der Waals surface area (Å²) in [5.74, 6) is 0. The van der Waals surface area contributed by atoms with Crippen molar-refractivity contribution in [1.29, 1.82) is 0 Å². The predicted octanol–water partition coefficient (Wildman–Crippen LogP) is -1.60. The van der Waals surface area contributed by atoms with Crippen molar-refractivity contribution >= 4 is 29.9 Å². The largest absolute Gasteiger partial charge is 0.422 e. The Hall–Kier alpha value is -0.426. The summed E-state index contributed by atoms with van der Waals surface area (Å²) in [4.78, 5) is 0. The molecule has 0 aliphatic carbocycles. The van der Waals surface area contributed by atoms with E-state index in [9.17, 15) is 0 Å². The molecule has 0 fully saturated rings. The minimum absolute atomic E-state index is 0.496. The lowest BCUT2D eigenvalue weighted by Gasteiger charge is -2.05. The van der Waals surface area contributed by atoms with Crippen molar-refractivity contribution < 1.29 is 8.85 Å². The topological polar surface area (TPSA) is 18.5 Å². The Morgan fingerprint density at radius 3 is 1.67 bits per heavy atom. The van der Waals surface area contributed by atoms with Gasteiger partial charge in [0.2, 0.25) is 0 Å². The standard InChI is InChI=1S/C8H14O2Si2/c1-9-11-7-5-3-4-6-8(7)12-10-2/h3-6H,11-12H2,1-2H3. The summed E-state index contributed by atoms with van der Waals surface area (Å²) >= 11 is 0. The third-order valence-electron chi connectivity index (χ3n) is 1.72. The summed E-state index contributed by atoms with van der Waals surface area (Å²) in [5, 5.41) is 2.79. The first-order chi connectivity index (χ1) is 5.88. The highest BCUT2D eigenvalue weighted by Gasteiger charge is 2.00. The normalized spacial score (nSPS) is 12.2. The first-order valence-corrected chi connectivity index (χ1v) is 6.50. The lowest BCUT2D eigenvalue weighted by atomic mass is 10.4. The van der Waals surface area contributed by atoms with E-state index in [0.717, 1.165) is 0 Å². The van der Waals surface area contributed by atoms with Crippen LogP contribution in [-0.4, -0.2) is 33.7 Å². The average molecular weight is 198 g/mol. The van der Waals surface area contributed by atoms with Gasteiger partial charge in [0.15, 0.2) is 19.5 Å². The quantitative estimate of drug-likeness (QED) is 0.543. The van der Waals surface area contributed by atoms with E-state index in [1.54, 1.807) is 14.2 Å². The van der Waals surface area contributed by atoms with Crippen LogP contribution in [0.15, 0.2) is 24.3 Å². The van der Waals surface area contributed by atoms with Crippen LogP contribution < -0.4 is 10.4 Å². The zero-order chi connectivity index (χ0) is 8.81. The zero-order valence-corrected chi connectivity index (χ0v) is 10.4. The van der Waals surface area contributed by atoms with E-state index in [2.05, 4.69) is 24.3 Å². The van der Waals surface area contributed by atoms with E-state index in [4.69, 9.17) is 8.85 Å². The molecule has 66 valence electrons. The fraction of sp³-hybridized carbons (Fsp3) is 0.250. The summed E-state index contributed by atoms with van der Waals surface area (Å²) in [5.41, 5.74) is 0. The third kappa shape index (κ3) is 2.56. The van der Waals surface area contributed by atoms with Crippen LogP contribution in [-0.2, 0) is 8.85 Å². The van der Waals surface area contributed by atoms with E-state index in [-0.39, 0.29) is 0 Å². The fourth-order valence-electron chi connectivity index (χ4n) is 1.15. The molecule has 0 spiro atoms. The maximum Gasteiger partial charge on any atom is 0.191 e. The fourth-order valence-corrected chi connectivity index (χ4v) is 3.46. The highest BCUT2D eigenvalue weighted by Crippen LogP contribution is 1.80. The van der Waals surface area contributed by atoms with Gasteiger partial charge in [-0.2, -0.15) is 0 Å². The summed E-state index contributed by atoms with van der Waals surface area (Å²) < 4.78 is 10.4. The molecular formula is C8H14O2Si2. The molecule has 0 heterocycles. The van der Waals surface area contributed by atoms with Crippen molar-refractivity contribution in [1.82, 2.24) is 0 Å². The van der Waals surface area contributed by atoms with Crippen molar-refractivity contribution in [2.45, 2.75) is 0 Å². The Morgan fingerprint density at radius 2 is 1.33 bits per heavy atom. The van der Waals surface area contributed by atoms with Gasteiger partial charge in [0, 0.05) is 14.2 Å². The number of hydrogen-bond donors (Lipinski definition) is 0. The molecule has 0 atom stereocenters.